The van der Waals surface area contributed by atoms with Crippen LogP contribution in [0.3, 0.4) is 0 Å². The number of carbonyl (C=O) groups excluding carboxylic acids is 1. The molecule has 106 valence electrons. The lowest BCUT2D eigenvalue weighted by Crippen LogP contribution is -2.14. The minimum absolute atomic E-state index is 0.109. The molecular formula is C18H15BrO2. The number of methoxy groups -OCH3 is 1. The molecule has 0 bridgehead atoms. The number of aryl methyl sites for hydroxylation is 1. The van der Waals surface area contributed by atoms with Gasteiger partial charge in [0.15, 0.2) is 5.78 Å². The summed E-state index contributed by atoms with van der Waals surface area (Å²) < 4.78 is 6.26. The van der Waals surface area contributed by atoms with Crippen LogP contribution in [0, 0.1) is 0 Å². The third-order valence-electron chi connectivity index (χ3n) is 3.73. The summed E-state index contributed by atoms with van der Waals surface area (Å²) in [6.45, 7) is 0. The van der Waals surface area contributed by atoms with Gasteiger partial charge in [0, 0.05) is 15.6 Å². The predicted octanol–water partition coefficient (Wildman–Crippen LogP) is 4.67. The zero-order valence-corrected chi connectivity index (χ0v) is 13.3. The quantitative estimate of drug-likeness (QED) is 0.741. The van der Waals surface area contributed by atoms with Crippen LogP contribution in [0.15, 0.2) is 52.5 Å². The average Bonchev–Trinajstić information content (AvgIpc) is 2.52. The molecule has 0 atom stereocenters. The molecule has 0 unspecified atom stereocenters. The summed E-state index contributed by atoms with van der Waals surface area (Å²) in [4.78, 5) is 12.6. The number of rotatable bonds is 2. The Morgan fingerprint density at radius 2 is 1.86 bits per heavy atom. The molecule has 0 saturated heterocycles. The number of ether oxygens (including phenoxy) is 1. The van der Waals surface area contributed by atoms with Crippen LogP contribution in [0.2, 0.25) is 0 Å². The second-order valence-electron chi connectivity index (χ2n) is 5.07. The van der Waals surface area contributed by atoms with Gasteiger partial charge in [0.05, 0.1) is 7.11 Å². The van der Waals surface area contributed by atoms with Gasteiger partial charge < -0.3 is 4.74 Å². The number of hydrogen-bond acceptors (Lipinski definition) is 2. The summed E-state index contributed by atoms with van der Waals surface area (Å²) in [7, 11) is 1.62. The third-order valence-corrected chi connectivity index (χ3v) is 4.26. The number of ketones is 1. The van der Waals surface area contributed by atoms with Crippen molar-refractivity contribution in [2.75, 3.05) is 7.11 Å². The average molecular weight is 343 g/mol. The van der Waals surface area contributed by atoms with Crippen LogP contribution in [-0.2, 0) is 6.42 Å². The zero-order valence-electron chi connectivity index (χ0n) is 11.7. The van der Waals surface area contributed by atoms with Crippen LogP contribution >= 0.6 is 15.9 Å². The van der Waals surface area contributed by atoms with E-state index >= 15 is 0 Å². The molecule has 0 heterocycles. The van der Waals surface area contributed by atoms with E-state index in [0.717, 1.165) is 45.3 Å². The minimum atomic E-state index is 0.109. The topological polar surface area (TPSA) is 26.3 Å². The van der Waals surface area contributed by atoms with Crippen molar-refractivity contribution in [2.45, 2.75) is 12.8 Å². The van der Waals surface area contributed by atoms with Gasteiger partial charge in [-0.15, -0.1) is 0 Å². The van der Waals surface area contributed by atoms with E-state index in [4.69, 9.17) is 4.74 Å². The predicted molar refractivity (Wildman–Crippen MR) is 87.8 cm³/mol. The molecule has 0 fully saturated rings. The Labute approximate surface area is 132 Å². The first-order valence-electron chi connectivity index (χ1n) is 6.85. The zero-order chi connectivity index (χ0) is 14.8. The molecule has 1 aliphatic carbocycles. The van der Waals surface area contributed by atoms with Crippen LogP contribution in [0.25, 0.3) is 6.08 Å². The number of carbonyl (C=O) groups is 1. The Balaban J connectivity index is 1.96. The standard InChI is InChI=1S/C18H15BrO2/c1-21-16-9-6-13-4-5-14(18(20)17(13)11-16)10-12-2-7-15(19)8-3-12/h2-3,6-11H,4-5H2,1H3. The molecule has 0 aromatic heterocycles. The Bertz CT molecular complexity index is 714. The van der Waals surface area contributed by atoms with Gasteiger partial charge in [-0.25, -0.2) is 0 Å². The van der Waals surface area contributed by atoms with Crippen molar-refractivity contribution >= 4 is 27.8 Å². The molecular weight excluding hydrogens is 328 g/mol. The minimum Gasteiger partial charge on any atom is -0.497 e. The molecule has 3 rings (SSSR count). The lowest BCUT2D eigenvalue weighted by atomic mass is 9.86. The largest absolute Gasteiger partial charge is 0.497 e. The van der Waals surface area contributed by atoms with E-state index in [1.807, 2.05) is 48.5 Å². The number of Topliss-reactive ketones (excluding diaryl/α,β-unsaturated/α-hetero) is 1. The SMILES string of the molecule is COc1ccc2c(c1)C(=O)C(=Cc1ccc(Br)cc1)CC2. The molecule has 1 aliphatic rings. The number of halogens is 1. The molecule has 2 aromatic carbocycles. The Morgan fingerprint density at radius 3 is 2.57 bits per heavy atom. The third kappa shape index (κ3) is 2.93. The molecule has 2 nitrogen and oxygen atoms in total. The fourth-order valence-corrected chi connectivity index (χ4v) is 2.83. The molecule has 0 saturated carbocycles. The van der Waals surface area contributed by atoms with Gasteiger partial charge in [-0.05, 0) is 54.3 Å². The van der Waals surface area contributed by atoms with Crippen LogP contribution in [-0.4, -0.2) is 12.9 Å². The summed E-state index contributed by atoms with van der Waals surface area (Å²) >= 11 is 3.42. The van der Waals surface area contributed by atoms with Crippen molar-refractivity contribution in [1.29, 1.82) is 0 Å². The number of benzene rings is 2. The lowest BCUT2D eigenvalue weighted by Gasteiger charge is -2.18. The van der Waals surface area contributed by atoms with Crippen molar-refractivity contribution in [1.82, 2.24) is 0 Å². The highest BCUT2D eigenvalue weighted by atomic mass is 79.9. The maximum Gasteiger partial charge on any atom is 0.189 e. The Kier molecular flexibility index (Phi) is 3.93. The fraction of sp³-hybridized carbons (Fsp3) is 0.167. The molecule has 2 aromatic rings. The van der Waals surface area contributed by atoms with Gasteiger partial charge in [0.1, 0.15) is 5.75 Å². The number of hydrogen-bond donors (Lipinski definition) is 0. The first-order chi connectivity index (χ1) is 10.2. The van der Waals surface area contributed by atoms with Crippen molar-refractivity contribution in [3.63, 3.8) is 0 Å². The second-order valence-corrected chi connectivity index (χ2v) is 5.99. The number of allylic oxidation sites excluding steroid dienone is 1. The highest BCUT2D eigenvalue weighted by Crippen LogP contribution is 2.29. The smallest absolute Gasteiger partial charge is 0.189 e. The van der Waals surface area contributed by atoms with Crippen molar-refractivity contribution < 1.29 is 9.53 Å². The summed E-state index contributed by atoms with van der Waals surface area (Å²) in [5.74, 6) is 0.838. The molecule has 3 heteroatoms. The normalized spacial score (nSPS) is 15.9. The van der Waals surface area contributed by atoms with Gasteiger partial charge in [-0.3, -0.25) is 4.79 Å². The van der Waals surface area contributed by atoms with E-state index in [0.29, 0.717) is 0 Å². The van der Waals surface area contributed by atoms with Crippen molar-refractivity contribution in [2.24, 2.45) is 0 Å². The molecule has 0 N–H and O–H groups in total. The molecule has 21 heavy (non-hydrogen) atoms. The lowest BCUT2D eigenvalue weighted by molar-refractivity contribution is 0.102. The first kappa shape index (κ1) is 14.1. The monoisotopic (exact) mass is 342 g/mol. The number of fused-ring (bicyclic) bond motifs is 1. The maximum absolute atomic E-state index is 12.6. The van der Waals surface area contributed by atoms with Gasteiger partial charge in [0.2, 0.25) is 0 Å². The first-order valence-corrected chi connectivity index (χ1v) is 7.64. The molecule has 0 aliphatic heterocycles. The highest BCUT2D eigenvalue weighted by Gasteiger charge is 2.22. The molecule has 0 spiro atoms. The van der Waals surface area contributed by atoms with Gasteiger partial charge in [-0.2, -0.15) is 0 Å². The summed E-state index contributed by atoms with van der Waals surface area (Å²) in [6, 6.07) is 13.7. The van der Waals surface area contributed by atoms with E-state index in [-0.39, 0.29) is 5.78 Å². The van der Waals surface area contributed by atoms with E-state index in [1.54, 1.807) is 7.11 Å². The fourth-order valence-electron chi connectivity index (χ4n) is 2.57. The Morgan fingerprint density at radius 1 is 1.10 bits per heavy atom. The van der Waals surface area contributed by atoms with Gasteiger partial charge >= 0.3 is 0 Å². The maximum atomic E-state index is 12.6. The summed E-state index contributed by atoms with van der Waals surface area (Å²) in [6.07, 6.45) is 3.67. The second kappa shape index (κ2) is 5.86. The van der Waals surface area contributed by atoms with E-state index in [1.165, 1.54) is 0 Å². The summed E-state index contributed by atoms with van der Waals surface area (Å²) in [5, 5.41) is 0. The molecule has 0 radical (unpaired) electrons. The summed E-state index contributed by atoms with van der Waals surface area (Å²) in [5.41, 5.74) is 3.78. The van der Waals surface area contributed by atoms with Gasteiger partial charge in [-0.1, -0.05) is 34.1 Å². The van der Waals surface area contributed by atoms with Crippen molar-refractivity contribution in [3.05, 3.63) is 69.2 Å². The van der Waals surface area contributed by atoms with Crippen LogP contribution < -0.4 is 4.74 Å². The van der Waals surface area contributed by atoms with E-state index in [9.17, 15) is 4.79 Å². The van der Waals surface area contributed by atoms with Crippen LogP contribution in [0.1, 0.15) is 27.9 Å². The van der Waals surface area contributed by atoms with Gasteiger partial charge in [0.25, 0.3) is 0 Å². The van der Waals surface area contributed by atoms with E-state index in [2.05, 4.69) is 15.9 Å². The van der Waals surface area contributed by atoms with Crippen molar-refractivity contribution in [3.8, 4) is 5.75 Å². The van der Waals surface area contributed by atoms with Crippen LogP contribution in [0.4, 0.5) is 0 Å². The van der Waals surface area contributed by atoms with E-state index < -0.39 is 0 Å². The highest BCUT2D eigenvalue weighted by molar-refractivity contribution is 9.10. The van der Waals surface area contributed by atoms with Crippen LogP contribution in [0.5, 0.6) is 5.75 Å². The molecule has 0 amide bonds. The Hall–Kier alpha value is -1.87.